The Morgan fingerprint density at radius 2 is 1.78 bits per heavy atom. The van der Waals surface area contributed by atoms with Crippen LogP contribution in [-0.4, -0.2) is 38.6 Å². The van der Waals surface area contributed by atoms with E-state index in [1.54, 1.807) is 29.5 Å². The number of thiophene rings is 1. The SMILES string of the molecule is COc1cc(OC)cc(C(=O)NC(C(=O)NCCc2cccs2)C(C)C)c1. The van der Waals surface area contributed by atoms with Crippen molar-refractivity contribution in [1.82, 2.24) is 10.6 Å². The topological polar surface area (TPSA) is 76.7 Å². The molecule has 1 aromatic carbocycles. The number of hydrogen-bond donors (Lipinski definition) is 2. The van der Waals surface area contributed by atoms with Gasteiger partial charge in [0.15, 0.2) is 0 Å². The standard InChI is InChI=1S/C20H26N2O4S/c1-13(2)18(20(24)21-8-7-17-6-5-9-27-17)22-19(23)14-10-15(25-3)12-16(11-14)26-4/h5-6,9-13,18H,7-8H2,1-4H3,(H,21,24)(H,22,23). The Morgan fingerprint density at radius 1 is 1.11 bits per heavy atom. The molecule has 0 bridgehead atoms. The Kier molecular flexibility index (Phi) is 7.67. The zero-order valence-corrected chi connectivity index (χ0v) is 16.9. The Bertz CT molecular complexity index is 737. The van der Waals surface area contributed by atoms with E-state index >= 15 is 0 Å². The molecule has 6 nitrogen and oxygen atoms in total. The molecule has 2 aromatic rings. The Morgan fingerprint density at radius 3 is 2.30 bits per heavy atom. The summed E-state index contributed by atoms with van der Waals surface area (Å²) >= 11 is 1.66. The Balaban J connectivity index is 2.01. The van der Waals surface area contributed by atoms with E-state index in [0.29, 0.717) is 23.6 Å². The number of carbonyl (C=O) groups is 2. The monoisotopic (exact) mass is 390 g/mol. The van der Waals surface area contributed by atoms with Gasteiger partial charge in [-0.2, -0.15) is 0 Å². The molecule has 1 heterocycles. The van der Waals surface area contributed by atoms with E-state index in [-0.39, 0.29) is 17.7 Å². The second-order valence-corrected chi connectivity index (χ2v) is 7.45. The molecule has 1 atom stereocenters. The van der Waals surface area contributed by atoms with Gasteiger partial charge in [0, 0.05) is 23.1 Å². The fourth-order valence-corrected chi connectivity index (χ4v) is 3.28. The number of carbonyl (C=O) groups excluding carboxylic acids is 2. The highest BCUT2D eigenvalue weighted by Crippen LogP contribution is 2.22. The van der Waals surface area contributed by atoms with Crippen LogP contribution in [0.3, 0.4) is 0 Å². The minimum Gasteiger partial charge on any atom is -0.497 e. The van der Waals surface area contributed by atoms with Gasteiger partial charge in [-0.1, -0.05) is 19.9 Å². The lowest BCUT2D eigenvalue weighted by molar-refractivity contribution is -0.123. The molecule has 1 unspecified atom stereocenters. The molecule has 0 radical (unpaired) electrons. The second kappa shape index (κ2) is 9.97. The van der Waals surface area contributed by atoms with Gasteiger partial charge in [0.25, 0.3) is 5.91 Å². The second-order valence-electron chi connectivity index (χ2n) is 6.42. The van der Waals surface area contributed by atoms with Gasteiger partial charge in [-0.3, -0.25) is 9.59 Å². The highest BCUT2D eigenvalue weighted by atomic mass is 32.1. The van der Waals surface area contributed by atoms with Crippen LogP contribution < -0.4 is 20.1 Å². The van der Waals surface area contributed by atoms with Crippen LogP contribution in [0.25, 0.3) is 0 Å². The summed E-state index contributed by atoms with van der Waals surface area (Å²) in [6.45, 7) is 4.33. The highest BCUT2D eigenvalue weighted by Gasteiger charge is 2.25. The molecule has 0 fully saturated rings. The van der Waals surface area contributed by atoms with Crippen molar-refractivity contribution in [3.63, 3.8) is 0 Å². The van der Waals surface area contributed by atoms with Crippen molar-refractivity contribution in [3.8, 4) is 11.5 Å². The van der Waals surface area contributed by atoms with Gasteiger partial charge in [0.1, 0.15) is 17.5 Å². The largest absolute Gasteiger partial charge is 0.497 e. The fourth-order valence-electron chi connectivity index (χ4n) is 2.57. The molecule has 0 aliphatic rings. The van der Waals surface area contributed by atoms with Crippen LogP contribution in [0, 0.1) is 5.92 Å². The quantitative estimate of drug-likeness (QED) is 0.690. The van der Waals surface area contributed by atoms with E-state index in [1.165, 1.54) is 19.1 Å². The lowest BCUT2D eigenvalue weighted by Crippen LogP contribution is -2.50. The fraction of sp³-hybridized carbons (Fsp3) is 0.400. The van der Waals surface area contributed by atoms with Gasteiger partial charge in [-0.05, 0) is 35.9 Å². The van der Waals surface area contributed by atoms with Gasteiger partial charge in [0.2, 0.25) is 5.91 Å². The predicted octanol–water partition coefficient (Wildman–Crippen LogP) is 2.88. The zero-order chi connectivity index (χ0) is 19.8. The molecule has 7 heteroatoms. The first-order chi connectivity index (χ1) is 12.9. The first-order valence-corrected chi connectivity index (χ1v) is 9.66. The van der Waals surface area contributed by atoms with Gasteiger partial charge in [-0.25, -0.2) is 0 Å². The zero-order valence-electron chi connectivity index (χ0n) is 16.1. The van der Waals surface area contributed by atoms with Crippen LogP contribution in [0.15, 0.2) is 35.7 Å². The molecule has 0 saturated heterocycles. The number of amides is 2. The number of rotatable bonds is 9. The van der Waals surface area contributed by atoms with Crippen LogP contribution in [0.1, 0.15) is 29.1 Å². The molecule has 2 rings (SSSR count). The maximum atomic E-state index is 12.7. The molecule has 2 N–H and O–H groups in total. The lowest BCUT2D eigenvalue weighted by atomic mass is 10.0. The third-order valence-corrected chi connectivity index (χ3v) is 5.04. The summed E-state index contributed by atoms with van der Waals surface area (Å²) < 4.78 is 10.4. The summed E-state index contributed by atoms with van der Waals surface area (Å²) in [4.78, 5) is 26.4. The third kappa shape index (κ3) is 5.99. The number of methoxy groups -OCH3 is 2. The molecule has 1 aromatic heterocycles. The molecule has 0 aliphatic heterocycles. The van der Waals surface area contributed by atoms with Crippen molar-refractivity contribution in [2.45, 2.75) is 26.3 Å². The maximum absolute atomic E-state index is 12.7. The normalized spacial score (nSPS) is 11.7. The molecule has 0 saturated carbocycles. The van der Waals surface area contributed by atoms with Crippen LogP contribution >= 0.6 is 11.3 Å². The number of nitrogens with one attached hydrogen (secondary N) is 2. The molecular weight excluding hydrogens is 364 g/mol. The molecule has 0 aliphatic carbocycles. The van der Waals surface area contributed by atoms with Gasteiger partial charge >= 0.3 is 0 Å². The summed E-state index contributed by atoms with van der Waals surface area (Å²) in [6, 6.07) is 8.32. The summed E-state index contributed by atoms with van der Waals surface area (Å²) in [5.41, 5.74) is 0.378. The average Bonchev–Trinajstić information content (AvgIpc) is 3.18. The molecule has 0 spiro atoms. The van der Waals surface area contributed by atoms with Crippen molar-refractivity contribution < 1.29 is 19.1 Å². The summed E-state index contributed by atoms with van der Waals surface area (Å²) in [7, 11) is 3.04. The molecule has 2 amide bonds. The van der Waals surface area contributed by atoms with Crippen LogP contribution in [0.2, 0.25) is 0 Å². The van der Waals surface area contributed by atoms with Crippen molar-refractivity contribution in [3.05, 3.63) is 46.2 Å². The number of benzene rings is 1. The predicted molar refractivity (Wildman–Crippen MR) is 107 cm³/mol. The maximum Gasteiger partial charge on any atom is 0.252 e. The third-order valence-electron chi connectivity index (χ3n) is 4.10. The van der Waals surface area contributed by atoms with Crippen molar-refractivity contribution in [2.24, 2.45) is 5.92 Å². The minimum atomic E-state index is -0.627. The van der Waals surface area contributed by atoms with Crippen LogP contribution in [0.4, 0.5) is 0 Å². The van der Waals surface area contributed by atoms with Gasteiger partial charge in [-0.15, -0.1) is 11.3 Å². The van der Waals surface area contributed by atoms with Crippen LogP contribution in [0.5, 0.6) is 11.5 Å². The number of hydrogen-bond acceptors (Lipinski definition) is 5. The molecule has 27 heavy (non-hydrogen) atoms. The smallest absolute Gasteiger partial charge is 0.252 e. The summed E-state index contributed by atoms with van der Waals surface area (Å²) in [6.07, 6.45) is 0.773. The van der Waals surface area contributed by atoms with E-state index < -0.39 is 6.04 Å². The van der Waals surface area contributed by atoms with Crippen molar-refractivity contribution in [1.29, 1.82) is 0 Å². The van der Waals surface area contributed by atoms with E-state index in [1.807, 2.05) is 31.4 Å². The summed E-state index contributed by atoms with van der Waals surface area (Å²) in [5.74, 6) is 0.439. The van der Waals surface area contributed by atoms with Gasteiger partial charge < -0.3 is 20.1 Å². The Hall–Kier alpha value is -2.54. The molecule has 146 valence electrons. The first kappa shape index (κ1) is 20.8. The van der Waals surface area contributed by atoms with E-state index in [9.17, 15) is 9.59 Å². The van der Waals surface area contributed by atoms with Crippen molar-refractivity contribution in [2.75, 3.05) is 20.8 Å². The van der Waals surface area contributed by atoms with Crippen molar-refractivity contribution >= 4 is 23.2 Å². The summed E-state index contributed by atoms with van der Waals surface area (Å²) in [5, 5.41) is 7.74. The van der Waals surface area contributed by atoms with E-state index in [0.717, 1.165) is 6.42 Å². The lowest BCUT2D eigenvalue weighted by Gasteiger charge is -2.22. The molecular formula is C20H26N2O4S. The van der Waals surface area contributed by atoms with Gasteiger partial charge in [0.05, 0.1) is 14.2 Å². The minimum absolute atomic E-state index is 0.0526. The van der Waals surface area contributed by atoms with E-state index in [4.69, 9.17) is 9.47 Å². The average molecular weight is 391 g/mol. The number of ether oxygens (including phenoxy) is 2. The van der Waals surface area contributed by atoms with E-state index in [2.05, 4.69) is 10.6 Å². The van der Waals surface area contributed by atoms with Crippen LogP contribution in [-0.2, 0) is 11.2 Å². The first-order valence-electron chi connectivity index (χ1n) is 8.78. The highest BCUT2D eigenvalue weighted by molar-refractivity contribution is 7.09. The Labute approximate surface area is 163 Å².